The highest BCUT2D eigenvalue weighted by Gasteiger charge is 2.28. The van der Waals surface area contributed by atoms with Gasteiger partial charge in [-0.05, 0) is 29.8 Å². The second kappa shape index (κ2) is 6.78. The molecule has 7 nitrogen and oxygen atoms in total. The Balaban J connectivity index is 2.21. The molecule has 0 spiro atoms. The Morgan fingerprint density at radius 3 is 2.87 bits per heavy atom. The molecular weight excluding hydrogens is 313 g/mol. The molecule has 0 radical (unpaired) electrons. The van der Waals surface area contributed by atoms with E-state index >= 15 is 0 Å². The van der Waals surface area contributed by atoms with Gasteiger partial charge in [0.15, 0.2) is 6.61 Å². The molecule has 1 heterocycles. The first-order valence-electron chi connectivity index (χ1n) is 6.30. The maximum absolute atomic E-state index is 12.3. The largest absolute Gasteiger partial charge is 0.482 e. The third kappa shape index (κ3) is 4.70. The van der Waals surface area contributed by atoms with Crippen LogP contribution in [0.2, 0.25) is 0 Å². The van der Waals surface area contributed by atoms with Gasteiger partial charge in [0.25, 0.3) is 0 Å². The smallest absolute Gasteiger partial charge is 0.422 e. The van der Waals surface area contributed by atoms with E-state index in [2.05, 4.69) is 25.9 Å². The van der Waals surface area contributed by atoms with E-state index in [0.29, 0.717) is 0 Å². The molecule has 0 aliphatic carbocycles. The van der Waals surface area contributed by atoms with Crippen LogP contribution in [-0.2, 0) is 0 Å². The zero-order chi connectivity index (χ0) is 16.9. The Kier molecular flexibility index (Phi) is 4.80. The number of nitrogens with one attached hydrogen (secondary N) is 2. The second-order valence-corrected chi connectivity index (χ2v) is 4.45. The van der Waals surface area contributed by atoms with Crippen LogP contribution in [0.3, 0.4) is 0 Å². The van der Waals surface area contributed by atoms with E-state index in [9.17, 15) is 13.2 Å². The van der Waals surface area contributed by atoms with E-state index in [1.165, 1.54) is 12.3 Å². The molecule has 0 saturated carbocycles. The summed E-state index contributed by atoms with van der Waals surface area (Å²) in [6.45, 7) is 0.310. The molecule has 0 fully saturated rings. The topological polar surface area (TPSA) is 99.5 Å². The number of tetrazole rings is 1. The number of alkyl halides is 3. The fourth-order valence-electron chi connectivity index (χ4n) is 1.60. The van der Waals surface area contributed by atoms with Crippen molar-refractivity contribution in [2.45, 2.75) is 13.1 Å². The zero-order valence-corrected chi connectivity index (χ0v) is 11.8. The summed E-state index contributed by atoms with van der Waals surface area (Å²) in [7, 11) is 0. The number of nitriles is 1. The van der Waals surface area contributed by atoms with Crippen molar-refractivity contribution in [1.29, 1.82) is 5.26 Å². The van der Waals surface area contributed by atoms with Gasteiger partial charge in [0.1, 0.15) is 17.4 Å². The summed E-state index contributed by atoms with van der Waals surface area (Å²) in [6.07, 6.45) is -3.19. The van der Waals surface area contributed by atoms with Crippen LogP contribution in [0.4, 0.5) is 18.9 Å². The number of benzene rings is 1. The SMILES string of the molecule is Cc1ccc(NC=C(C#N)c2nn[nH]n2)c(OCC(F)(F)F)c1. The van der Waals surface area contributed by atoms with Crippen molar-refractivity contribution in [2.75, 3.05) is 11.9 Å². The third-order valence-corrected chi connectivity index (χ3v) is 2.61. The standard InChI is InChI=1S/C13H11F3N6O/c1-8-2-3-10(11(4-8)23-7-13(14,15)16)18-6-9(5-17)12-19-21-22-20-12/h2-4,6,18H,7H2,1H3,(H,19,20,21,22). The Bertz CT molecular complexity index is 733. The van der Waals surface area contributed by atoms with Crippen LogP contribution >= 0.6 is 0 Å². The monoisotopic (exact) mass is 324 g/mol. The molecule has 2 N–H and O–H groups in total. The number of ether oxygens (including phenoxy) is 1. The highest BCUT2D eigenvalue weighted by molar-refractivity contribution is 5.75. The molecule has 2 aromatic rings. The predicted octanol–water partition coefficient (Wildman–Crippen LogP) is 2.43. The molecule has 0 bridgehead atoms. The van der Waals surface area contributed by atoms with Gasteiger partial charge in [0.05, 0.1) is 5.69 Å². The van der Waals surface area contributed by atoms with Crippen molar-refractivity contribution in [3.63, 3.8) is 0 Å². The maximum Gasteiger partial charge on any atom is 0.422 e. The lowest BCUT2D eigenvalue weighted by Gasteiger charge is -2.13. The van der Waals surface area contributed by atoms with E-state index in [0.717, 1.165) is 5.56 Å². The molecule has 0 saturated heterocycles. The highest BCUT2D eigenvalue weighted by atomic mass is 19.4. The minimum Gasteiger partial charge on any atom is -0.482 e. The van der Waals surface area contributed by atoms with E-state index in [1.54, 1.807) is 19.1 Å². The van der Waals surface area contributed by atoms with Gasteiger partial charge in [-0.3, -0.25) is 0 Å². The minimum atomic E-state index is -4.45. The van der Waals surface area contributed by atoms with Crippen LogP contribution in [-0.4, -0.2) is 33.4 Å². The number of allylic oxidation sites excluding steroid dienone is 1. The van der Waals surface area contributed by atoms with Crippen LogP contribution in [0.5, 0.6) is 5.75 Å². The number of anilines is 1. The van der Waals surface area contributed by atoms with Crippen LogP contribution in [0.25, 0.3) is 5.57 Å². The summed E-state index contributed by atoms with van der Waals surface area (Å²) < 4.78 is 41.7. The summed E-state index contributed by atoms with van der Waals surface area (Å²) in [5.74, 6) is 0.0776. The average Bonchev–Trinajstić information content (AvgIpc) is 3.01. The number of nitrogens with zero attached hydrogens (tertiary/aromatic N) is 4. The quantitative estimate of drug-likeness (QED) is 0.819. The van der Waals surface area contributed by atoms with Crippen molar-refractivity contribution in [1.82, 2.24) is 20.6 Å². The number of rotatable bonds is 5. The number of aromatic nitrogens is 4. The Morgan fingerprint density at radius 1 is 1.48 bits per heavy atom. The van der Waals surface area contributed by atoms with Gasteiger partial charge in [0.2, 0.25) is 5.82 Å². The van der Waals surface area contributed by atoms with Gasteiger partial charge in [-0.15, -0.1) is 10.2 Å². The number of hydrogen-bond donors (Lipinski definition) is 2. The molecule has 0 aliphatic rings. The van der Waals surface area contributed by atoms with Crippen molar-refractivity contribution in [3.8, 4) is 11.8 Å². The van der Waals surface area contributed by atoms with Gasteiger partial charge < -0.3 is 10.1 Å². The lowest BCUT2D eigenvalue weighted by molar-refractivity contribution is -0.153. The molecule has 10 heteroatoms. The molecule has 23 heavy (non-hydrogen) atoms. The molecule has 1 aromatic carbocycles. The predicted molar refractivity (Wildman–Crippen MR) is 74.1 cm³/mol. The summed E-state index contributed by atoms with van der Waals surface area (Å²) >= 11 is 0. The molecule has 0 unspecified atom stereocenters. The van der Waals surface area contributed by atoms with E-state index in [4.69, 9.17) is 10.00 Å². The van der Waals surface area contributed by atoms with Gasteiger partial charge in [-0.25, -0.2) is 0 Å². The Labute approximate surface area is 128 Å². The first kappa shape index (κ1) is 16.3. The van der Waals surface area contributed by atoms with Crippen LogP contribution < -0.4 is 10.1 Å². The van der Waals surface area contributed by atoms with Crippen molar-refractivity contribution >= 4 is 11.3 Å². The molecule has 0 aliphatic heterocycles. The molecule has 0 amide bonds. The second-order valence-electron chi connectivity index (χ2n) is 4.45. The molecular formula is C13H11F3N6O. The van der Waals surface area contributed by atoms with Crippen molar-refractivity contribution in [3.05, 3.63) is 35.8 Å². The van der Waals surface area contributed by atoms with E-state index < -0.39 is 12.8 Å². The third-order valence-electron chi connectivity index (χ3n) is 2.61. The fourth-order valence-corrected chi connectivity index (χ4v) is 1.60. The molecule has 1 aromatic heterocycles. The lowest BCUT2D eigenvalue weighted by atomic mass is 10.2. The first-order valence-corrected chi connectivity index (χ1v) is 6.30. The normalized spacial score (nSPS) is 11.9. The van der Waals surface area contributed by atoms with Gasteiger partial charge in [0, 0.05) is 6.20 Å². The average molecular weight is 324 g/mol. The highest BCUT2D eigenvalue weighted by Crippen LogP contribution is 2.28. The number of halogens is 3. The summed E-state index contributed by atoms with van der Waals surface area (Å²) in [6, 6.07) is 6.55. The van der Waals surface area contributed by atoms with Gasteiger partial charge in [-0.2, -0.15) is 23.6 Å². The zero-order valence-electron chi connectivity index (χ0n) is 11.8. The van der Waals surface area contributed by atoms with E-state index in [-0.39, 0.29) is 22.8 Å². The maximum atomic E-state index is 12.3. The minimum absolute atomic E-state index is 0.0176. The van der Waals surface area contributed by atoms with Gasteiger partial charge in [-0.1, -0.05) is 6.07 Å². The van der Waals surface area contributed by atoms with E-state index in [1.807, 2.05) is 6.07 Å². The molecule has 0 atom stereocenters. The Hall–Kier alpha value is -3.09. The van der Waals surface area contributed by atoms with Crippen LogP contribution in [0, 0.1) is 18.3 Å². The molecule has 120 valence electrons. The van der Waals surface area contributed by atoms with Gasteiger partial charge >= 0.3 is 6.18 Å². The van der Waals surface area contributed by atoms with Crippen LogP contribution in [0.1, 0.15) is 11.4 Å². The summed E-state index contributed by atoms with van der Waals surface area (Å²) in [5.41, 5.74) is 1.06. The van der Waals surface area contributed by atoms with Crippen LogP contribution in [0.15, 0.2) is 24.4 Å². The number of hydrogen-bond acceptors (Lipinski definition) is 6. The van der Waals surface area contributed by atoms with Crippen molar-refractivity contribution in [2.24, 2.45) is 0 Å². The fraction of sp³-hybridized carbons (Fsp3) is 0.231. The first-order chi connectivity index (χ1) is 10.9. The lowest BCUT2D eigenvalue weighted by Crippen LogP contribution is -2.19. The number of aryl methyl sites for hydroxylation is 1. The Morgan fingerprint density at radius 2 is 2.26 bits per heavy atom. The summed E-state index contributed by atoms with van der Waals surface area (Å²) in [4.78, 5) is 0. The number of H-pyrrole nitrogens is 1. The summed E-state index contributed by atoms with van der Waals surface area (Å²) in [5, 5.41) is 24.6. The molecule has 2 rings (SSSR count). The van der Waals surface area contributed by atoms with Crippen molar-refractivity contribution < 1.29 is 17.9 Å². The number of aromatic amines is 1.